The highest BCUT2D eigenvalue weighted by atomic mass is 16.5. The molecule has 0 saturated carbocycles. The lowest BCUT2D eigenvalue weighted by molar-refractivity contribution is 0.232. The van der Waals surface area contributed by atoms with E-state index in [0.29, 0.717) is 11.9 Å². The van der Waals surface area contributed by atoms with Crippen molar-refractivity contribution in [2.24, 2.45) is 0 Å². The minimum Gasteiger partial charge on any atom is -0.474 e. The van der Waals surface area contributed by atoms with Gasteiger partial charge in [0.15, 0.2) is 0 Å². The van der Waals surface area contributed by atoms with Crippen molar-refractivity contribution in [3.05, 3.63) is 12.4 Å². The molecule has 0 aliphatic carbocycles. The molecule has 1 saturated heterocycles. The number of nitrogens with one attached hydrogen (secondary N) is 2. The fraction of sp³-hybridized carbons (Fsp3) is 0.667. The molecule has 1 aromatic heterocycles. The first-order chi connectivity index (χ1) is 8.24. The summed E-state index contributed by atoms with van der Waals surface area (Å²) in [5.41, 5.74) is 0. The van der Waals surface area contributed by atoms with E-state index in [1.807, 2.05) is 13.8 Å². The Morgan fingerprint density at radius 1 is 1.35 bits per heavy atom. The van der Waals surface area contributed by atoms with Crippen LogP contribution in [0, 0.1) is 0 Å². The average molecular weight is 236 g/mol. The molecule has 2 N–H and O–H groups in total. The monoisotopic (exact) mass is 236 g/mol. The maximum atomic E-state index is 5.52. The normalized spacial score (nSPS) is 17.1. The van der Waals surface area contributed by atoms with Crippen molar-refractivity contribution in [2.45, 2.75) is 38.8 Å². The molecule has 1 aliphatic heterocycles. The van der Waals surface area contributed by atoms with Gasteiger partial charge in [0.1, 0.15) is 5.82 Å². The van der Waals surface area contributed by atoms with Crippen LogP contribution in [0.4, 0.5) is 5.82 Å². The maximum absolute atomic E-state index is 5.52. The molecule has 17 heavy (non-hydrogen) atoms. The molecule has 0 radical (unpaired) electrons. The summed E-state index contributed by atoms with van der Waals surface area (Å²) in [5, 5.41) is 6.74. The Bertz CT molecular complexity index is 350. The molecule has 0 unspecified atom stereocenters. The topological polar surface area (TPSA) is 59.1 Å². The lowest BCUT2D eigenvalue weighted by Crippen LogP contribution is -2.35. The van der Waals surface area contributed by atoms with Crippen LogP contribution in [-0.2, 0) is 0 Å². The molecule has 0 bridgehead atoms. The molecular formula is C12H20N4O. The number of hydrogen-bond donors (Lipinski definition) is 2. The van der Waals surface area contributed by atoms with E-state index in [1.165, 1.54) is 0 Å². The fourth-order valence-electron chi connectivity index (χ4n) is 1.89. The van der Waals surface area contributed by atoms with Crippen LogP contribution in [0.15, 0.2) is 12.4 Å². The van der Waals surface area contributed by atoms with Gasteiger partial charge in [0.25, 0.3) is 0 Å². The number of anilines is 1. The highest BCUT2D eigenvalue weighted by Crippen LogP contribution is 2.14. The first-order valence-corrected chi connectivity index (χ1v) is 6.20. The van der Waals surface area contributed by atoms with E-state index in [4.69, 9.17) is 4.74 Å². The Hall–Kier alpha value is -1.36. The summed E-state index contributed by atoms with van der Waals surface area (Å²) in [6.07, 6.45) is 5.76. The van der Waals surface area contributed by atoms with Crippen molar-refractivity contribution < 1.29 is 4.74 Å². The lowest BCUT2D eigenvalue weighted by Gasteiger charge is -2.24. The largest absolute Gasteiger partial charge is 0.474 e. The summed E-state index contributed by atoms with van der Waals surface area (Å²) < 4.78 is 5.52. The van der Waals surface area contributed by atoms with Crippen molar-refractivity contribution in [2.75, 3.05) is 18.4 Å². The number of ether oxygens (including phenoxy) is 1. The van der Waals surface area contributed by atoms with E-state index in [9.17, 15) is 0 Å². The van der Waals surface area contributed by atoms with Crippen molar-refractivity contribution in [1.29, 1.82) is 0 Å². The fourth-order valence-corrected chi connectivity index (χ4v) is 1.89. The van der Waals surface area contributed by atoms with E-state index in [1.54, 1.807) is 12.4 Å². The molecule has 5 nitrogen and oxygen atoms in total. The molecule has 0 spiro atoms. The van der Waals surface area contributed by atoms with E-state index < -0.39 is 0 Å². The Balaban J connectivity index is 1.95. The summed E-state index contributed by atoms with van der Waals surface area (Å²) >= 11 is 0. The highest BCUT2D eigenvalue weighted by molar-refractivity contribution is 5.34. The van der Waals surface area contributed by atoms with E-state index in [0.717, 1.165) is 31.7 Å². The van der Waals surface area contributed by atoms with Crippen LogP contribution in [0.5, 0.6) is 5.88 Å². The van der Waals surface area contributed by atoms with Crippen LogP contribution in [0.3, 0.4) is 0 Å². The van der Waals surface area contributed by atoms with Crippen LogP contribution < -0.4 is 15.4 Å². The summed E-state index contributed by atoms with van der Waals surface area (Å²) in [6, 6.07) is 0.486. The van der Waals surface area contributed by atoms with Crippen LogP contribution in [-0.4, -0.2) is 35.2 Å². The zero-order valence-electron chi connectivity index (χ0n) is 10.4. The summed E-state index contributed by atoms with van der Waals surface area (Å²) in [7, 11) is 0. The van der Waals surface area contributed by atoms with Crippen molar-refractivity contribution in [1.82, 2.24) is 15.3 Å². The van der Waals surface area contributed by atoms with Crippen molar-refractivity contribution in [3.63, 3.8) is 0 Å². The molecule has 94 valence electrons. The first kappa shape index (κ1) is 12.1. The standard InChI is InChI=1S/C12H20N4O/c1-9(2)17-12-8-14-7-11(16-12)15-10-3-5-13-6-4-10/h7-10,13H,3-6H2,1-2H3,(H,15,16). The Kier molecular flexibility index (Phi) is 4.14. The van der Waals surface area contributed by atoms with E-state index >= 15 is 0 Å². The molecule has 1 aromatic rings. The number of piperidine rings is 1. The van der Waals surface area contributed by atoms with Crippen LogP contribution in [0.25, 0.3) is 0 Å². The molecule has 2 rings (SSSR count). The highest BCUT2D eigenvalue weighted by Gasteiger charge is 2.13. The van der Waals surface area contributed by atoms with Gasteiger partial charge < -0.3 is 15.4 Å². The molecule has 1 aliphatic rings. The maximum Gasteiger partial charge on any atom is 0.234 e. The van der Waals surface area contributed by atoms with E-state index in [2.05, 4.69) is 20.6 Å². The van der Waals surface area contributed by atoms with Crippen LogP contribution in [0.2, 0.25) is 0 Å². The summed E-state index contributed by atoms with van der Waals surface area (Å²) in [5.74, 6) is 1.38. The predicted molar refractivity (Wildman–Crippen MR) is 67.3 cm³/mol. The second-order valence-corrected chi connectivity index (χ2v) is 4.58. The number of aromatic nitrogens is 2. The molecule has 0 aromatic carbocycles. The molecule has 5 heteroatoms. The SMILES string of the molecule is CC(C)Oc1cncc(NC2CCNCC2)n1. The zero-order chi connectivity index (χ0) is 12.1. The first-order valence-electron chi connectivity index (χ1n) is 6.20. The second-order valence-electron chi connectivity index (χ2n) is 4.58. The van der Waals surface area contributed by atoms with Crippen molar-refractivity contribution >= 4 is 5.82 Å². The number of nitrogens with zero attached hydrogens (tertiary/aromatic N) is 2. The van der Waals surface area contributed by atoms with Gasteiger partial charge in [-0.15, -0.1) is 0 Å². The molecule has 2 heterocycles. The van der Waals surface area contributed by atoms with Crippen LogP contribution >= 0.6 is 0 Å². The van der Waals surface area contributed by atoms with Gasteiger partial charge in [0.05, 0.1) is 18.5 Å². The smallest absolute Gasteiger partial charge is 0.234 e. The molecule has 1 fully saturated rings. The summed E-state index contributed by atoms with van der Waals surface area (Å²) in [6.45, 7) is 6.09. The Morgan fingerprint density at radius 2 is 2.12 bits per heavy atom. The van der Waals surface area contributed by atoms with Gasteiger partial charge in [-0.05, 0) is 39.8 Å². The van der Waals surface area contributed by atoms with Gasteiger partial charge in [-0.2, -0.15) is 4.98 Å². The Labute approximate surface area is 102 Å². The van der Waals surface area contributed by atoms with Gasteiger partial charge in [-0.25, -0.2) is 0 Å². The quantitative estimate of drug-likeness (QED) is 0.828. The van der Waals surface area contributed by atoms with Gasteiger partial charge in [-0.3, -0.25) is 4.98 Å². The lowest BCUT2D eigenvalue weighted by atomic mass is 10.1. The molecular weight excluding hydrogens is 216 g/mol. The van der Waals surface area contributed by atoms with Gasteiger partial charge in [-0.1, -0.05) is 0 Å². The Morgan fingerprint density at radius 3 is 2.82 bits per heavy atom. The van der Waals surface area contributed by atoms with Crippen LogP contribution in [0.1, 0.15) is 26.7 Å². The zero-order valence-corrected chi connectivity index (χ0v) is 10.4. The third kappa shape index (κ3) is 3.85. The number of rotatable bonds is 4. The van der Waals surface area contributed by atoms with Gasteiger partial charge >= 0.3 is 0 Å². The third-order valence-electron chi connectivity index (χ3n) is 2.66. The van der Waals surface area contributed by atoms with Gasteiger partial charge in [0, 0.05) is 6.04 Å². The van der Waals surface area contributed by atoms with Crippen molar-refractivity contribution in [3.8, 4) is 5.88 Å². The molecule has 0 amide bonds. The minimum absolute atomic E-state index is 0.124. The number of hydrogen-bond acceptors (Lipinski definition) is 5. The van der Waals surface area contributed by atoms with Gasteiger partial charge in [0.2, 0.25) is 5.88 Å². The summed E-state index contributed by atoms with van der Waals surface area (Å²) in [4.78, 5) is 8.53. The average Bonchev–Trinajstić information content (AvgIpc) is 2.30. The molecule has 0 atom stereocenters. The minimum atomic E-state index is 0.124. The third-order valence-corrected chi connectivity index (χ3v) is 2.66. The predicted octanol–water partition coefficient (Wildman–Crippen LogP) is 1.43. The van der Waals surface area contributed by atoms with E-state index in [-0.39, 0.29) is 6.10 Å². The second kappa shape index (κ2) is 5.82.